The summed E-state index contributed by atoms with van der Waals surface area (Å²) < 4.78 is 0. The quantitative estimate of drug-likeness (QED) is 0.660. The maximum Gasteiger partial charge on any atom is 0.0161 e. The Bertz CT molecular complexity index is 320. The van der Waals surface area contributed by atoms with E-state index >= 15 is 0 Å². The lowest BCUT2D eigenvalue weighted by molar-refractivity contribution is 0.302. The second kappa shape index (κ2) is 9.14. The molecule has 1 N–H and O–H groups in total. The molecule has 0 aliphatic carbocycles. The first-order valence-corrected chi connectivity index (χ1v) is 8.02. The van der Waals surface area contributed by atoms with Crippen LogP contribution in [0.2, 0.25) is 0 Å². The molecule has 0 aliphatic heterocycles. The molecule has 19 heavy (non-hydrogen) atoms. The van der Waals surface area contributed by atoms with Gasteiger partial charge in [-0.05, 0) is 43.2 Å². The van der Waals surface area contributed by atoms with Gasteiger partial charge in [-0.3, -0.25) is 0 Å². The van der Waals surface area contributed by atoms with Gasteiger partial charge in [0, 0.05) is 6.04 Å². The Hall–Kier alpha value is -0.820. The lowest BCUT2D eigenvalue weighted by Crippen LogP contribution is -2.40. The highest BCUT2D eigenvalue weighted by atomic mass is 14.9. The van der Waals surface area contributed by atoms with Crippen LogP contribution in [0, 0.1) is 5.92 Å². The average molecular weight is 261 g/mol. The molecule has 0 saturated heterocycles. The van der Waals surface area contributed by atoms with Gasteiger partial charge in [0.1, 0.15) is 0 Å². The molecule has 1 rings (SSSR count). The van der Waals surface area contributed by atoms with Gasteiger partial charge < -0.3 is 5.32 Å². The van der Waals surface area contributed by atoms with Gasteiger partial charge in [0.2, 0.25) is 0 Å². The van der Waals surface area contributed by atoms with E-state index in [2.05, 4.69) is 63.3 Å². The van der Waals surface area contributed by atoms with Gasteiger partial charge in [0.05, 0.1) is 0 Å². The smallest absolute Gasteiger partial charge is 0.0161 e. The molecule has 3 atom stereocenters. The molecule has 108 valence electrons. The first kappa shape index (κ1) is 16.2. The molecule has 1 aromatic carbocycles. The third-order valence-electron chi connectivity index (χ3n) is 4.09. The molecule has 0 aromatic heterocycles. The topological polar surface area (TPSA) is 12.0 Å². The Labute approximate surface area is 119 Å². The van der Waals surface area contributed by atoms with E-state index in [0.29, 0.717) is 12.0 Å². The standard InChI is InChI=1S/C18H31N/c1-5-11-15(4)18(19-14-6-2)17(7-3)16-12-9-8-10-13-16/h8-10,12-13,15,17-19H,5-7,11,14H2,1-4H3. The zero-order valence-corrected chi connectivity index (χ0v) is 13.2. The van der Waals surface area contributed by atoms with E-state index in [9.17, 15) is 0 Å². The maximum atomic E-state index is 3.80. The Balaban J connectivity index is 2.85. The van der Waals surface area contributed by atoms with Crippen molar-refractivity contribution in [2.75, 3.05) is 6.54 Å². The zero-order valence-electron chi connectivity index (χ0n) is 13.2. The minimum Gasteiger partial charge on any atom is -0.313 e. The van der Waals surface area contributed by atoms with Crippen LogP contribution in [0.15, 0.2) is 30.3 Å². The summed E-state index contributed by atoms with van der Waals surface area (Å²) >= 11 is 0. The number of benzene rings is 1. The van der Waals surface area contributed by atoms with Gasteiger partial charge in [0.15, 0.2) is 0 Å². The van der Waals surface area contributed by atoms with Crippen molar-refractivity contribution in [1.29, 1.82) is 0 Å². The molecule has 1 aromatic rings. The summed E-state index contributed by atoms with van der Waals surface area (Å²) in [4.78, 5) is 0. The van der Waals surface area contributed by atoms with Crippen LogP contribution in [-0.4, -0.2) is 12.6 Å². The molecule has 0 saturated carbocycles. The van der Waals surface area contributed by atoms with Crippen LogP contribution in [0.4, 0.5) is 0 Å². The maximum absolute atomic E-state index is 3.80. The van der Waals surface area contributed by atoms with E-state index in [1.165, 1.54) is 31.2 Å². The van der Waals surface area contributed by atoms with E-state index in [1.54, 1.807) is 0 Å². The van der Waals surface area contributed by atoms with Crippen molar-refractivity contribution in [2.45, 2.75) is 65.3 Å². The van der Waals surface area contributed by atoms with Crippen molar-refractivity contribution in [3.05, 3.63) is 35.9 Å². The van der Waals surface area contributed by atoms with Crippen LogP contribution < -0.4 is 5.32 Å². The zero-order chi connectivity index (χ0) is 14.1. The second-order valence-corrected chi connectivity index (χ2v) is 5.67. The van der Waals surface area contributed by atoms with Crippen LogP contribution in [0.5, 0.6) is 0 Å². The van der Waals surface area contributed by atoms with Gasteiger partial charge in [-0.2, -0.15) is 0 Å². The van der Waals surface area contributed by atoms with Crippen LogP contribution in [0.25, 0.3) is 0 Å². The molecule has 0 amide bonds. The summed E-state index contributed by atoms with van der Waals surface area (Å²) in [5.41, 5.74) is 1.49. The van der Waals surface area contributed by atoms with Crippen molar-refractivity contribution in [2.24, 2.45) is 5.92 Å². The number of hydrogen-bond acceptors (Lipinski definition) is 1. The van der Waals surface area contributed by atoms with Crippen molar-refractivity contribution in [1.82, 2.24) is 5.32 Å². The van der Waals surface area contributed by atoms with Crippen LogP contribution in [0.3, 0.4) is 0 Å². The van der Waals surface area contributed by atoms with Crippen molar-refractivity contribution in [3.63, 3.8) is 0 Å². The molecule has 0 spiro atoms. The molecule has 0 aliphatic rings. The van der Waals surface area contributed by atoms with Gasteiger partial charge in [0.25, 0.3) is 0 Å². The number of hydrogen-bond donors (Lipinski definition) is 1. The summed E-state index contributed by atoms with van der Waals surface area (Å²) in [6.07, 6.45) is 5.00. The van der Waals surface area contributed by atoms with E-state index < -0.39 is 0 Å². The third kappa shape index (κ3) is 4.99. The van der Waals surface area contributed by atoms with Gasteiger partial charge in [-0.25, -0.2) is 0 Å². The highest BCUT2D eigenvalue weighted by Gasteiger charge is 2.25. The second-order valence-electron chi connectivity index (χ2n) is 5.67. The Morgan fingerprint density at radius 3 is 2.21 bits per heavy atom. The van der Waals surface area contributed by atoms with Crippen LogP contribution >= 0.6 is 0 Å². The first-order valence-electron chi connectivity index (χ1n) is 8.02. The molecule has 0 heterocycles. The van der Waals surface area contributed by atoms with Crippen molar-refractivity contribution < 1.29 is 0 Å². The van der Waals surface area contributed by atoms with Gasteiger partial charge in [-0.15, -0.1) is 0 Å². The highest BCUT2D eigenvalue weighted by molar-refractivity contribution is 5.21. The predicted molar refractivity (Wildman–Crippen MR) is 85.6 cm³/mol. The fourth-order valence-corrected chi connectivity index (χ4v) is 3.08. The monoisotopic (exact) mass is 261 g/mol. The molecule has 0 radical (unpaired) electrons. The third-order valence-corrected chi connectivity index (χ3v) is 4.09. The van der Waals surface area contributed by atoms with Crippen molar-refractivity contribution >= 4 is 0 Å². The Morgan fingerprint density at radius 2 is 1.68 bits per heavy atom. The minimum atomic E-state index is 0.604. The fourth-order valence-electron chi connectivity index (χ4n) is 3.08. The summed E-state index contributed by atoms with van der Waals surface area (Å²) in [7, 11) is 0. The van der Waals surface area contributed by atoms with Crippen molar-refractivity contribution in [3.8, 4) is 0 Å². The molecular weight excluding hydrogens is 230 g/mol. The molecule has 1 heteroatoms. The summed E-state index contributed by atoms with van der Waals surface area (Å²) in [6, 6.07) is 11.6. The fraction of sp³-hybridized carbons (Fsp3) is 0.667. The van der Waals surface area contributed by atoms with Gasteiger partial charge >= 0.3 is 0 Å². The average Bonchev–Trinajstić information content (AvgIpc) is 2.44. The first-order chi connectivity index (χ1) is 9.24. The molecule has 0 bridgehead atoms. The number of nitrogens with one attached hydrogen (secondary N) is 1. The molecule has 0 fully saturated rings. The summed E-state index contributed by atoms with van der Waals surface area (Å²) in [6.45, 7) is 10.4. The normalized spacial score (nSPS) is 16.0. The van der Waals surface area contributed by atoms with Crippen LogP contribution in [0.1, 0.15) is 64.9 Å². The lowest BCUT2D eigenvalue weighted by atomic mass is 9.81. The van der Waals surface area contributed by atoms with Crippen LogP contribution in [-0.2, 0) is 0 Å². The van der Waals surface area contributed by atoms with E-state index in [0.717, 1.165) is 12.5 Å². The SMILES string of the molecule is CCCNC(C(C)CCC)C(CC)c1ccccc1. The predicted octanol–water partition coefficient (Wildman–Crippen LogP) is 4.98. The molecular formula is C18H31N. The van der Waals surface area contributed by atoms with E-state index in [4.69, 9.17) is 0 Å². The number of rotatable bonds is 9. The lowest BCUT2D eigenvalue weighted by Gasteiger charge is -2.33. The highest BCUT2D eigenvalue weighted by Crippen LogP contribution is 2.29. The Morgan fingerprint density at radius 1 is 1.00 bits per heavy atom. The van der Waals surface area contributed by atoms with E-state index in [1.807, 2.05) is 0 Å². The summed E-state index contributed by atoms with van der Waals surface area (Å²) in [5, 5.41) is 3.80. The minimum absolute atomic E-state index is 0.604. The molecule has 3 unspecified atom stereocenters. The van der Waals surface area contributed by atoms with E-state index in [-0.39, 0.29) is 0 Å². The largest absolute Gasteiger partial charge is 0.313 e. The van der Waals surface area contributed by atoms with Gasteiger partial charge in [-0.1, -0.05) is 64.4 Å². The summed E-state index contributed by atoms with van der Waals surface area (Å²) in [5.74, 6) is 1.37. The Kier molecular flexibility index (Phi) is 7.81. The molecule has 1 nitrogen and oxygen atoms in total.